The number of guanidine groups is 1. The van der Waals surface area contributed by atoms with E-state index in [1.54, 1.807) is 30.5 Å². The maximum absolute atomic E-state index is 6.99. The third-order valence-electron chi connectivity index (χ3n) is 5.47. The van der Waals surface area contributed by atoms with Gasteiger partial charge < -0.3 is 15.4 Å². The number of aromatic nitrogens is 5. The molecule has 4 N–H and O–H groups in total. The highest BCUT2D eigenvalue weighted by atomic mass is 16.5. The number of aliphatic imine (C=N–C) groups is 1. The summed E-state index contributed by atoms with van der Waals surface area (Å²) in [5.74, 6) is 1.13. The number of ether oxygens (including phenoxy) is 1. The number of benzene rings is 2. The van der Waals surface area contributed by atoms with Crippen LogP contribution < -0.4 is 21.1 Å². The Balaban J connectivity index is 1.46. The van der Waals surface area contributed by atoms with E-state index in [9.17, 15) is 0 Å². The number of nitrogens with two attached hydrogens (primary N) is 1. The van der Waals surface area contributed by atoms with Crippen molar-refractivity contribution in [3.63, 3.8) is 0 Å². The van der Waals surface area contributed by atoms with E-state index in [1.807, 2.05) is 54.7 Å². The van der Waals surface area contributed by atoms with Crippen LogP contribution in [0.1, 0.15) is 16.7 Å². The molecule has 170 valence electrons. The van der Waals surface area contributed by atoms with Gasteiger partial charge in [0.2, 0.25) is 5.96 Å². The Morgan fingerprint density at radius 2 is 1.82 bits per heavy atom. The molecule has 0 fully saturated rings. The molecule has 0 spiro atoms. The Hall–Kier alpha value is -4.57. The fraction of sp³-hybridized carbons (Fsp3) is 0.125. The largest absolute Gasteiger partial charge is 0.496 e. The Labute approximate surface area is 196 Å². The summed E-state index contributed by atoms with van der Waals surface area (Å²) in [6, 6.07) is 15.6. The third kappa shape index (κ3) is 4.21. The SMILES string of the molecule is COc1ccccc1C1(N)N=C(Nc2ccc(Cn3cncn3)cc2)NC=C1c1cncnc1. The third-order valence-corrected chi connectivity index (χ3v) is 5.47. The van der Waals surface area contributed by atoms with Crippen LogP contribution >= 0.6 is 0 Å². The summed E-state index contributed by atoms with van der Waals surface area (Å²) in [7, 11) is 1.61. The van der Waals surface area contributed by atoms with Gasteiger partial charge in [0.1, 0.15) is 24.7 Å². The van der Waals surface area contributed by atoms with Crippen LogP contribution in [-0.4, -0.2) is 37.8 Å². The molecule has 1 aliphatic rings. The number of para-hydroxylation sites is 1. The van der Waals surface area contributed by atoms with E-state index in [0.717, 1.165) is 22.4 Å². The molecule has 1 unspecified atom stereocenters. The molecule has 0 aliphatic carbocycles. The maximum atomic E-state index is 6.99. The highest BCUT2D eigenvalue weighted by Crippen LogP contribution is 2.40. The number of methoxy groups -OCH3 is 1. The van der Waals surface area contributed by atoms with Crippen molar-refractivity contribution in [1.82, 2.24) is 30.0 Å². The lowest BCUT2D eigenvalue weighted by atomic mass is 9.88. The van der Waals surface area contributed by atoms with Crippen LogP contribution in [0.4, 0.5) is 5.69 Å². The lowest BCUT2D eigenvalue weighted by molar-refractivity contribution is 0.399. The monoisotopic (exact) mass is 453 g/mol. The van der Waals surface area contributed by atoms with E-state index in [0.29, 0.717) is 23.8 Å². The second kappa shape index (κ2) is 9.12. The van der Waals surface area contributed by atoms with Crippen LogP contribution in [0.3, 0.4) is 0 Å². The van der Waals surface area contributed by atoms with E-state index >= 15 is 0 Å². The molecule has 2 aromatic carbocycles. The van der Waals surface area contributed by atoms with Gasteiger partial charge in [-0.25, -0.2) is 24.6 Å². The minimum Gasteiger partial charge on any atom is -0.496 e. The van der Waals surface area contributed by atoms with E-state index in [1.165, 1.54) is 12.7 Å². The minimum absolute atomic E-state index is 0.498. The van der Waals surface area contributed by atoms with Crippen molar-refractivity contribution >= 4 is 17.2 Å². The summed E-state index contributed by atoms with van der Waals surface area (Å²) >= 11 is 0. The van der Waals surface area contributed by atoms with E-state index in [-0.39, 0.29) is 0 Å². The van der Waals surface area contributed by atoms with Crippen LogP contribution in [0.25, 0.3) is 5.57 Å². The minimum atomic E-state index is -1.24. The zero-order chi connectivity index (χ0) is 23.4. The van der Waals surface area contributed by atoms with Crippen molar-refractivity contribution in [2.24, 2.45) is 10.7 Å². The summed E-state index contributed by atoms with van der Waals surface area (Å²) < 4.78 is 7.37. The van der Waals surface area contributed by atoms with E-state index in [2.05, 4.69) is 30.7 Å². The van der Waals surface area contributed by atoms with E-state index < -0.39 is 5.66 Å². The van der Waals surface area contributed by atoms with Gasteiger partial charge in [-0.2, -0.15) is 5.10 Å². The predicted molar refractivity (Wildman–Crippen MR) is 129 cm³/mol. The van der Waals surface area contributed by atoms with Gasteiger partial charge in [-0.1, -0.05) is 30.3 Å². The first-order valence-corrected chi connectivity index (χ1v) is 10.6. The first-order chi connectivity index (χ1) is 16.7. The fourth-order valence-electron chi connectivity index (χ4n) is 3.82. The molecule has 0 radical (unpaired) electrons. The fourth-order valence-corrected chi connectivity index (χ4v) is 3.82. The summed E-state index contributed by atoms with van der Waals surface area (Å²) in [6.45, 7) is 0.643. The smallest absolute Gasteiger partial charge is 0.202 e. The van der Waals surface area contributed by atoms with Crippen LogP contribution in [0.2, 0.25) is 0 Å². The van der Waals surface area contributed by atoms with Crippen LogP contribution in [-0.2, 0) is 12.2 Å². The predicted octanol–water partition coefficient (Wildman–Crippen LogP) is 2.35. The van der Waals surface area contributed by atoms with Gasteiger partial charge in [-0.05, 0) is 23.8 Å². The Morgan fingerprint density at radius 3 is 2.56 bits per heavy atom. The van der Waals surface area contributed by atoms with Crippen LogP contribution in [0.15, 0.2) is 91.1 Å². The van der Waals surface area contributed by atoms with Gasteiger partial charge in [0.15, 0.2) is 5.66 Å². The molecule has 1 atom stereocenters. The van der Waals surface area contributed by atoms with Crippen LogP contribution in [0, 0.1) is 0 Å². The first-order valence-electron chi connectivity index (χ1n) is 10.6. The molecule has 0 saturated carbocycles. The number of hydrogen-bond acceptors (Lipinski definition) is 9. The molecular weight excluding hydrogens is 430 g/mol. The summed E-state index contributed by atoms with van der Waals surface area (Å²) in [4.78, 5) is 17.1. The topological polar surface area (TPSA) is 128 Å². The summed E-state index contributed by atoms with van der Waals surface area (Å²) in [5.41, 5.74) is 9.90. The van der Waals surface area contributed by atoms with Crippen molar-refractivity contribution in [2.75, 3.05) is 12.4 Å². The van der Waals surface area contributed by atoms with Gasteiger partial charge in [0.25, 0.3) is 0 Å². The second-order valence-electron chi connectivity index (χ2n) is 7.67. The lowest BCUT2D eigenvalue weighted by Crippen LogP contribution is -2.45. The molecule has 5 rings (SSSR count). The van der Waals surface area contributed by atoms with Gasteiger partial charge in [-0.15, -0.1) is 0 Å². The number of anilines is 1. The molecule has 0 saturated heterocycles. The Morgan fingerprint density at radius 1 is 1.03 bits per heavy atom. The molecule has 10 nitrogen and oxygen atoms in total. The molecule has 2 aromatic heterocycles. The molecule has 4 aromatic rings. The van der Waals surface area contributed by atoms with Crippen LogP contribution in [0.5, 0.6) is 5.75 Å². The molecule has 0 bridgehead atoms. The summed E-state index contributed by atoms with van der Waals surface area (Å²) in [6.07, 6.45) is 9.92. The van der Waals surface area contributed by atoms with Crippen molar-refractivity contribution in [2.45, 2.75) is 12.2 Å². The Bertz CT molecular complexity index is 1320. The lowest BCUT2D eigenvalue weighted by Gasteiger charge is -2.34. The molecule has 1 aliphatic heterocycles. The molecule has 10 heteroatoms. The molecule has 0 amide bonds. The van der Waals surface area contributed by atoms with Crippen molar-refractivity contribution in [1.29, 1.82) is 0 Å². The van der Waals surface area contributed by atoms with Gasteiger partial charge in [0, 0.05) is 41.0 Å². The second-order valence-corrected chi connectivity index (χ2v) is 7.67. The normalized spacial score (nSPS) is 17.4. The Kier molecular flexibility index (Phi) is 5.71. The first kappa shape index (κ1) is 21.3. The zero-order valence-electron chi connectivity index (χ0n) is 18.5. The highest BCUT2D eigenvalue weighted by molar-refractivity contribution is 5.98. The van der Waals surface area contributed by atoms with Crippen molar-refractivity contribution < 1.29 is 4.74 Å². The van der Waals surface area contributed by atoms with Gasteiger partial charge >= 0.3 is 0 Å². The average Bonchev–Trinajstić information content (AvgIpc) is 3.39. The van der Waals surface area contributed by atoms with Crippen molar-refractivity contribution in [3.05, 3.63) is 103 Å². The van der Waals surface area contributed by atoms with Gasteiger partial charge in [0.05, 0.1) is 13.7 Å². The highest BCUT2D eigenvalue weighted by Gasteiger charge is 2.38. The maximum Gasteiger partial charge on any atom is 0.202 e. The number of nitrogens with zero attached hydrogens (tertiary/aromatic N) is 6. The van der Waals surface area contributed by atoms with Gasteiger partial charge in [-0.3, -0.25) is 5.73 Å². The number of nitrogens with one attached hydrogen (secondary N) is 2. The number of hydrogen-bond donors (Lipinski definition) is 3. The standard InChI is InChI=1S/C24H23N9O/c1-34-22-5-3-2-4-20(22)24(25)21(18-10-26-14-27-11-18)12-29-23(32-24)31-19-8-6-17(7-9-19)13-33-16-28-15-30-33/h2-12,14-16H,13,25H2,1H3,(H2,29,31,32). The van der Waals surface area contributed by atoms with E-state index in [4.69, 9.17) is 15.5 Å². The molecular formula is C24H23N9O. The zero-order valence-corrected chi connectivity index (χ0v) is 18.5. The number of rotatable bonds is 6. The molecule has 3 heterocycles. The quantitative estimate of drug-likeness (QED) is 0.406. The summed E-state index contributed by atoms with van der Waals surface area (Å²) in [5, 5.41) is 10.7. The molecule has 34 heavy (non-hydrogen) atoms. The average molecular weight is 454 g/mol. The van der Waals surface area contributed by atoms with Crippen molar-refractivity contribution in [3.8, 4) is 5.75 Å².